The first-order chi connectivity index (χ1) is 15.8. The van der Waals surface area contributed by atoms with E-state index in [9.17, 15) is 18.0 Å². The van der Waals surface area contributed by atoms with Crippen LogP contribution in [0.3, 0.4) is 0 Å². The molecule has 2 aromatic carbocycles. The Morgan fingerprint density at radius 1 is 1.06 bits per heavy atom. The van der Waals surface area contributed by atoms with Crippen molar-refractivity contribution >= 4 is 22.9 Å². The van der Waals surface area contributed by atoms with Crippen molar-refractivity contribution in [1.29, 1.82) is 0 Å². The van der Waals surface area contributed by atoms with Crippen LogP contribution in [-0.4, -0.2) is 39.0 Å². The topological polar surface area (TPSA) is 113 Å². The predicted octanol–water partition coefficient (Wildman–Crippen LogP) is 4.59. The van der Waals surface area contributed by atoms with Gasteiger partial charge in [0.25, 0.3) is 0 Å². The summed E-state index contributed by atoms with van der Waals surface area (Å²) >= 11 is 0. The molecule has 0 aliphatic heterocycles. The Kier molecular flexibility index (Phi) is 6.11. The van der Waals surface area contributed by atoms with Crippen LogP contribution in [0.25, 0.3) is 22.2 Å². The van der Waals surface area contributed by atoms with E-state index in [4.69, 9.17) is 9.52 Å². The molecule has 0 spiro atoms. The fourth-order valence-corrected chi connectivity index (χ4v) is 3.30. The number of alkyl halides is 3. The molecule has 2 heterocycles. The first-order valence-electron chi connectivity index (χ1n) is 9.85. The molecular formula is C22H18F3N5O3. The number of halogens is 3. The summed E-state index contributed by atoms with van der Waals surface area (Å²) in [7, 11) is 0. The Morgan fingerprint density at radius 3 is 2.58 bits per heavy atom. The van der Waals surface area contributed by atoms with Crippen LogP contribution in [-0.2, 0) is 12.6 Å². The number of amides is 1. The molecule has 0 aliphatic rings. The van der Waals surface area contributed by atoms with Crippen molar-refractivity contribution < 1.29 is 27.5 Å². The van der Waals surface area contributed by atoms with E-state index in [0.29, 0.717) is 11.1 Å². The normalized spacial score (nSPS) is 12.5. The van der Waals surface area contributed by atoms with Gasteiger partial charge in [-0.25, -0.2) is 4.79 Å². The van der Waals surface area contributed by atoms with Crippen molar-refractivity contribution in [2.24, 2.45) is 0 Å². The zero-order valence-corrected chi connectivity index (χ0v) is 17.0. The predicted molar refractivity (Wildman–Crippen MR) is 114 cm³/mol. The quantitative estimate of drug-likeness (QED) is 0.372. The fourth-order valence-electron chi connectivity index (χ4n) is 3.30. The van der Waals surface area contributed by atoms with Crippen LogP contribution in [0.1, 0.15) is 11.1 Å². The Morgan fingerprint density at radius 2 is 1.85 bits per heavy atom. The number of carbonyl (C=O) groups is 1. The Labute approximate surface area is 185 Å². The number of pyridine rings is 1. The van der Waals surface area contributed by atoms with E-state index in [1.807, 2.05) is 24.3 Å². The lowest BCUT2D eigenvalue weighted by Crippen LogP contribution is -2.40. The van der Waals surface area contributed by atoms with Crippen LogP contribution in [0.2, 0.25) is 0 Å². The molecular weight excluding hydrogens is 439 g/mol. The molecule has 3 N–H and O–H groups in total. The highest BCUT2D eigenvalue weighted by Gasteiger charge is 2.30. The maximum atomic E-state index is 12.7. The summed E-state index contributed by atoms with van der Waals surface area (Å²) in [5.74, 6) is 0.279. The molecule has 11 heteroatoms. The minimum absolute atomic E-state index is 0.0817. The Balaban J connectivity index is 1.42. The maximum absolute atomic E-state index is 12.7. The molecule has 0 saturated carbocycles. The van der Waals surface area contributed by atoms with Crippen LogP contribution < -0.4 is 10.6 Å². The summed E-state index contributed by atoms with van der Waals surface area (Å²) in [5, 5.41) is 24.2. The lowest BCUT2D eigenvalue weighted by atomic mass is 10.0. The largest absolute Gasteiger partial charge is 0.465 e. The van der Waals surface area contributed by atoms with Gasteiger partial charge in [-0.05, 0) is 47.7 Å². The van der Waals surface area contributed by atoms with E-state index in [-0.39, 0.29) is 24.9 Å². The summed E-state index contributed by atoms with van der Waals surface area (Å²) in [6, 6.07) is 11.4. The second-order valence-electron chi connectivity index (χ2n) is 7.28. The molecule has 1 amide bonds. The van der Waals surface area contributed by atoms with Crippen LogP contribution in [0, 0.1) is 0 Å². The third-order valence-electron chi connectivity index (χ3n) is 4.90. The van der Waals surface area contributed by atoms with Crippen molar-refractivity contribution in [2.45, 2.75) is 18.6 Å². The van der Waals surface area contributed by atoms with Crippen LogP contribution in [0.4, 0.5) is 24.0 Å². The summed E-state index contributed by atoms with van der Waals surface area (Å²) < 4.78 is 43.8. The van der Waals surface area contributed by atoms with E-state index in [2.05, 4.69) is 25.8 Å². The minimum Gasteiger partial charge on any atom is -0.465 e. The van der Waals surface area contributed by atoms with Crippen LogP contribution >= 0.6 is 0 Å². The average Bonchev–Trinajstić information content (AvgIpc) is 3.26. The average molecular weight is 457 g/mol. The SMILES string of the molecule is O=C(O)N[C@H](CNc1nnc(-c2ccc3cnccc3c2)o1)Cc1ccc(C(F)(F)F)cc1. The van der Waals surface area contributed by atoms with Gasteiger partial charge in [-0.3, -0.25) is 4.98 Å². The third kappa shape index (κ3) is 5.56. The number of hydrogen-bond acceptors (Lipinski definition) is 6. The van der Waals surface area contributed by atoms with Crippen molar-refractivity contribution in [3.8, 4) is 11.5 Å². The van der Waals surface area contributed by atoms with Gasteiger partial charge in [0.05, 0.1) is 11.6 Å². The number of anilines is 1. The second-order valence-corrected chi connectivity index (χ2v) is 7.28. The highest BCUT2D eigenvalue weighted by Crippen LogP contribution is 2.29. The molecule has 0 aliphatic carbocycles. The van der Waals surface area contributed by atoms with Gasteiger partial charge in [0.15, 0.2) is 0 Å². The number of nitrogens with zero attached hydrogens (tertiary/aromatic N) is 3. The number of rotatable bonds is 7. The second kappa shape index (κ2) is 9.15. The van der Waals surface area contributed by atoms with Gasteiger partial charge in [-0.1, -0.05) is 23.3 Å². The number of benzene rings is 2. The van der Waals surface area contributed by atoms with Gasteiger partial charge in [-0.15, -0.1) is 5.10 Å². The zero-order chi connectivity index (χ0) is 23.4. The first kappa shape index (κ1) is 22.1. The number of carboxylic acid groups (broad SMARTS) is 1. The molecule has 2 aromatic heterocycles. The standard InChI is InChI=1S/C22H18F3N5O3/c23-22(24,25)17-5-1-13(2-6-17)9-18(28-21(31)32)12-27-20-30-29-19(33-20)15-3-4-16-11-26-8-7-14(16)10-15/h1-8,10-11,18,28H,9,12H2,(H,27,30)(H,31,32)/t18-/m0/s1. The van der Waals surface area contributed by atoms with Crippen molar-refractivity contribution in [2.75, 3.05) is 11.9 Å². The summed E-state index contributed by atoms with van der Waals surface area (Å²) in [5.41, 5.74) is 0.482. The summed E-state index contributed by atoms with van der Waals surface area (Å²) in [4.78, 5) is 15.2. The lowest BCUT2D eigenvalue weighted by Gasteiger charge is -2.17. The number of nitrogens with one attached hydrogen (secondary N) is 2. The number of fused-ring (bicyclic) bond motifs is 1. The summed E-state index contributed by atoms with van der Waals surface area (Å²) in [6.07, 6.45) is -2.11. The molecule has 4 rings (SSSR count). The first-order valence-corrected chi connectivity index (χ1v) is 9.85. The van der Waals surface area contributed by atoms with E-state index >= 15 is 0 Å². The Bertz CT molecular complexity index is 1260. The Hall–Kier alpha value is -4.15. The van der Waals surface area contributed by atoms with Gasteiger partial charge >= 0.3 is 18.3 Å². The molecule has 0 bridgehead atoms. The van der Waals surface area contributed by atoms with E-state index in [1.54, 1.807) is 12.4 Å². The molecule has 1 atom stereocenters. The summed E-state index contributed by atoms with van der Waals surface area (Å²) in [6.45, 7) is 0.0817. The highest BCUT2D eigenvalue weighted by molar-refractivity contribution is 5.85. The van der Waals surface area contributed by atoms with Gasteiger partial charge in [-0.2, -0.15) is 13.2 Å². The third-order valence-corrected chi connectivity index (χ3v) is 4.90. The van der Waals surface area contributed by atoms with E-state index < -0.39 is 23.9 Å². The van der Waals surface area contributed by atoms with Gasteiger partial charge in [0.2, 0.25) is 5.89 Å². The van der Waals surface area contributed by atoms with E-state index in [0.717, 1.165) is 22.9 Å². The highest BCUT2D eigenvalue weighted by atomic mass is 19.4. The van der Waals surface area contributed by atoms with Gasteiger partial charge < -0.3 is 20.2 Å². The monoisotopic (exact) mass is 457 g/mol. The molecule has 33 heavy (non-hydrogen) atoms. The smallest absolute Gasteiger partial charge is 0.416 e. The van der Waals surface area contributed by atoms with Crippen molar-refractivity contribution in [1.82, 2.24) is 20.5 Å². The van der Waals surface area contributed by atoms with Crippen LogP contribution in [0.5, 0.6) is 0 Å². The lowest BCUT2D eigenvalue weighted by molar-refractivity contribution is -0.137. The molecule has 0 saturated heterocycles. The molecule has 0 fully saturated rings. The maximum Gasteiger partial charge on any atom is 0.416 e. The molecule has 4 aromatic rings. The minimum atomic E-state index is -4.43. The molecule has 8 nitrogen and oxygen atoms in total. The number of aromatic nitrogens is 3. The van der Waals surface area contributed by atoms with Crippen LogP contribution in [0.15, 0.2) is 65.3 Å². The van der Waals surface area contributed by atoms with Crippen molar-refractivity contribution in [3.05, 3.63) is 72.1 Å². The zero-order valence-electron chi connectivity index (χ0n) is 17.0. The van der Waals surface area contributed by atoms with E-state index in [1.165, 1.54) is 12.1 Å². The number of hydrogen-bond donors (Lipinski definition) is 3. The van der Waals surface area contributed by atoms with Gasteiger partial charge in [0, 0.05) is 29.9 Å². The van der Waals surface area contributed by atoms with Crippen molar-refractivity contribution in [3.63, 3.8) is 0 Å². The molecule has 0 unspecified atom stereocenters. The van der Waals surface area contributed by atoms with Gasteiger partial charge in [0.1, 0.15) is 0 Å². The fraction of sp³-hybridized carbons (Fsp3) is 0.182. The molecule has 0 radical (unpaired) electrons. The molecule has 170 valence electrons.